The summed E-state index contributed by atoms with van der Waals surface area (Å²) in [5.41, 5.74) is 1.35. The van der Waals surface area contributed by atoms with Crippen molar-refractivity contribution in [2.24, 2.45) is 0 Å². The predicted molar refractivity (Wildman–Crippen MR) is 127 cm³/mol. The summed E-state index contributed by atoms with van der Waals surface area (Å²) in [6, 6.07) is 2.11. The molecule has 0 spiro atoms. The fraction of sp³-hybridized carbons (Fsp3) is 0.545. The van der Waals surface area contributed by atoms with Crippen molar-refractivity contribution in [2.75, 3.05) is 25.0 Å². The fourth-order valence-electron chi connectivity index (χ4n) is 3.97. The highest BCUT2D eigenvalue weighted by molar-refractivity contribution is 8.26. The second kappa shape index (κ2) is 9.80. The summed E-state index contributed by atoms with van der Waals surface area (Å²) in [6.07, 6.45) is 8.12. The van der Waals surface area contributed by atoms with Gasteiger partial charge in [0.05, 0.1) is 4.91 Å². The van der Waals surface area contributed by atoms with Crippen LogP contribution in [0.1, 0.15) is 62.1 Å². The van der Waals surface area contributed by atoms with Crippen molar-refractivity contribution in [1.29, 1.82) is 5.26 Å². The maximum atomic E-state index is 13.2. The van der Waals surface area contributed by atoms with Crippen LogP contribution in [0.15, 0.2) is 9.70 Å². The van der Waals surface area contributed by atoms with Gasteiger partial charge in [-0.1, -0.05) is 50.2 Å². The van der Waals surface area contributed by atoms with Gasteiger partial charge in [-0.15, -0.1) is 0 Å². The number of carbonyl (C=O) groups excluding carboxylic acids is 1. The first-order valence-electron chi connectivity index (χ1n) is 10.5. The summed E-state index contributed by atoms with van der Waals surface area (Å²) in [5.74, 6) is 0.698. The Hall–Kier alpha value is -2.11. The molecule has 2 fully saturated rings. The number of hydrogen-bond acceptors (Lipinski definition) is 6. The van der Waals surface area contributed by atoms with E-state index in [4.69, 9.17) is 12.2 Å². The highest BCUT2D eigenvalue weighted by atomic mass is 32.2. The van der Waals surface area contributed by atoms with Gasteiger partial charge in [0.15, 0.2) is 0 Å². The molecule has 0 N–H and O–H groups in total. The molecule has 0 atom stereocenters. The van der Waals surface area contributed by atoms with E-state index in [0.717, 1.165) is 50.2 Å². The van der Waals surface area contributed by atoms with Crippen molar-refractivity contribution in [1.82, 2.24) is 9.47 Å². The second-order valence-electron chi connectivity index (χ2n) is 7.80. The molecule has 3 heterocycles. The normalized spacial score (nSPS) is 18.8. The van der Waals surface area contributed by atoms with Crippen LogP contribution in [0.25, 0.3) is 6.08 Å². The lowest BCUT2D eigenvalue weighted by molar-refractivity contribution is -0.121. The molecule has 0 radical (unpaired) electrons. The lowest BCUT2D eigenvalue weighted by Gasteiger charge is -2.29. The van der Waals surface area contributed by atoms with Crippen LogP contribution in [-0.4, -0.2) is 39.8 Å². The van der Waals surface area contributed by atoms with Gasteiger partial charge >= 0.3 is 0 Å². The number of nitriles is 1. The number of pyridine rings is 1. The number of amides is 1. The van der Waals surface area contributed by atoms with E-state index in [0.29, 0.717) is 21.3 Å². The Morgan fingerprint density at radius 3 is 2.40 bits per heavy atom. The Kier molecular flexibility index (Phi) is 7.37. The Bertz CT molecular complexity index is 982. The molecular weight excluding hydrogens is 416 g/mol. The summed E-state index contributed by atoms with van der Waals surface area (Å²) in [5, 5.41) is 9.72. The first-order valence-corrected chi connectivity index (χ1v) is 11.8. The fourth-order valence-corrected chi connectivity index (χ4v) is 5.13. The molecule has 2 aliphatic rings. The lowest BCUT2D eigenvalue weighted by atomic mass is 10.0. The van der Waals surface area contributed by atoms with E-state index in [9.17, 15) is 14.9 Å². The molecule has 30 heavy (non-hydrogen) atoms. The minimum atomic E-state index is -0.233. The topological polar surface area (TPSA) is 69.3 Å². The number of carbonyl (C=O) groups is 1. The van der Waals surface area contributed by atoms with Crippen LogP contribution < -0.4 is 10.5 Å². The van der Waals surface area contributed by atoms with Gasteiger partial charge in [0, 0.05) is 32.2 Å². The van der Waals surface area contributed by atoms with Crippen molar-refractivity contribution in [3.05, 3.63) is 31.9 Å². The van der Waals surface area contributed by atoms with Gasteiger partial charge in [0.2, 0.25) is 0 Å². The van der Waals surface area contributed by atoms with Gasteiger partial charge in [-0.05, 0) is 37.8 Å². The zero-order valence-corrected chi connectivity index (χ0v) is 19.5. The van der Waals surface area contributed by atoms with E-state index in [1.807, 2.05) is 13.0 Å². The van der Waals surface area contributed by atoms with Crippen molar-refractivity contribution in [3.8, 4) is 6.07 Å². The zero-order valence-electron chi connectivity index (χ0n) is 17.9. The summed E-state index contributed by atoms with van der Waals surface area (Å²) in [7, 11) is 1.67. The standard InChI is InChI=1S/C22H28N4O2S2/c1-4-5-12-26-19(25-10-8-6-7-9-11-25)16(15(2)17(14-23)20(26)27)13-18-21(28)24(3)22(29)30-18/h13H,4-12H2,1-3H3. The Morgan fingerprint density at radius 1 is 1.20 bits per heavy atom. The van der Waals surface area contributed by atoms with Crippen LogP contribution in [0.5, 0.6) is 0 Å². The number of unbranched alkanes of at least 4 members (excludes halogenated alkanes) is 1. The molecule has 0 aromatic carbocycles. The molecule has 0 aliphatic carbocycles. The quantitative estimate of drug-likeness (QED) is 0.504. The average Bonchev–Trinajstić information content (AvgIpc) is 2.92. The van der Waals surface area contributed by atoms with Crippen LogP contribution in [0.3, 0.4) is 0 Å². The van der Waals surface area contributed by atoms with Crippen LogP contribution in [0.4, 0.5) is 5.82 Å². The van der Waals surface area contributed by atoms with Crippen molar-refractivity contribution in [3.63, 3.8) is 0 Å². The number of anilines is 1. The van der Waals surface area contributed by atoms with E-state index in [2.05, 4.69) is 17.9 Å². The number of aromatic nitrogens is 1. The number of nitrogens with zero attached hydrogens (tertiary/aromatic N) is 4. The molecule has 6 nitrogen and oxygen atoms in total. The SMILES string of the molecule is CCCCn1c(N2CCCCCC2)c(C=C2SC(=S)N(C)C2=O)c(C)c(C#N)c1=O. The Morgan fingerprint density at radius 2 is 1.87 bits per heavy atom. The lowest BCUT2D eigenvalue weighted by Crippen LogP contribution is -2.35. The Balaban J connectivity index is 2.27. The molecule has 3 rings (SSSR count). The predicted octanol–water partition coefficient (Wildman–Crippen LogP) is 4.04. The van der Waals surface area contributed by atoms with Crippen molar-refractivity contribution in [2.45, 2.75) is 58.9 Å². The monoisotopic (exact) mass is 444 g/mol. The maximum Gasteiger partial charge on any atom is 0.270 e. The highest BCUT2D eigenvalue weighted by Gasteiger charge is 2.31. The zero-order chi connectivity index (χ0) is 21.8. The molecule has 2 aliphatic heterocycles. The number of thiocarbonyl (C=S) groups is 1. The summed E-state index contributed by atoms with van der Waals surface area (Å²) >= 11 is 6.55. The van der Waals surface area contributed by atoms with E-state index >= 15 is 0 Å². The number of hydrogen-bond donors (Lipinski definition) is 0. The summed E-state index contributed by atoms with van der Waals surface area (Å²) < 4.78 is 2.28. The first-order chi connectivity index (χ1) is 14.4. The number of thioether (sulfide) groups is 1. The summed E-state index contributed by atoms with van der Waals surface area (Å²) in [4.78, 5) is 30.2. The van der Waals surface area contributed by atoms with E-state index in [1.54, 1.807) is 11.6 Å². The molecule has 0 saturated carbocycles. The second-order valence-corrected chi connectivity index (χ2v) is 9.48. The molecule has 0 unspecified atom stereocenters. The molecule has 0 bridgehead atoms. The third-order valence-corrected chi connectivity index (χ3v) is 7.23. The first kappa shape index (κ1) is 22.6. The molecule has 160 valence electrons. The van der Waals surface area contributed by atoms with Crippen LogP contribution in [-0.2, 0) is 11.3 Å². The van der Waals surface area contributed by atoms with Crippen LogP contribution in [0.2, 0.25) is 0 Å². The number of likely N-dealkylation sites (N-methyl/N-ethyl adjacent to an activating group) is 1. The summed E-state index contributed by atoms with van der Waals surface area (Å²) in [6.45, 7) is 6.19. The van der Waals surface area contributed by atoms with Crippen molar-refractivity contribution >= 4 is 46.1 Å². The highest BCUT2D eigenvalue weighted by Crippen LogP contribution is 2.35. The van der Waals surface area contributed by atoms with Gasteiger partial charge in [0.25, 0.3) is 11.5 Å². The third-order valence-electron chi connectivity index (χ3n) is 5.75. The largest absolute Gasteiger partial charge is 0.357 e. The van der Waals surface area contributed by atoms with E-state index in [-0.39, 0.29) is 17.0 Å². The van der Waals surface area contributed by atoms with E-state index < -0.39 is 0 Å². The van der Waals surface area contributed by atoms with Gasteiger partial charge in [-0.25, -0.2) is 0 Å². The minimum absolute atomic E-state index is 0.143. The van der Waals surface area contributed by atoms with E-state index in [1.165, 1.54) is 29.5 Å². The van der Waals surface area contributed by atoms with Gasteiger partial charge in [-0.3, -0.25) is 19.1 Å². The van der Waals surface area contributed by atoms with Gasteiger partial charge < -0.3 is 4.90 Å². The van der Waals surface area contributed by atoms with Gasteiger partial charge in [0.1, 0.15) is 21.8 Å². The molecular formula is C22H28N4O2S2. The smallest absolute Gasteiger partial charge is 0.270 e. The van der Waals surface area contributed by atoms with Gasteiger partial charge in [-0.2, -0.15) is 5.26 Å². The van der Waals surface area contributed by atoms with Crippen molar-refractivity contribution < 1.29 is 4.79 Å². The minimum Gasteiger partial charge on any atom is -0.357 e. The van der Waals surface area contributed by atoms with Crippen LogP contribution >= 0.6 is 24.0 Å². The number of rotatable bonds is 5. The maximum absolute atomic E-state index is 13.2. The van der Waals surface area contributed by atoms with Crippen LogP contribution in [0, 0.1) is 18.3 Å². The average molecular weight is 445 g/mol. The molecule has 8 heteroatoms. The third kappa shape index (κ3) is 4.33. The molecule has 1 aromatic rings. The molecule has 1 amide bonds. The Labute approximate surface area is 187 Å². The molecule has 1 aromatic heterocycles. The molecule has 2 saturated heterocycles.